The molecule has 4 nitrogen and oxygen atoms in total. The Morgan fingerprint density at radius 3 is 2.44 bits per heavy atom. The van der Waals surface area contributed by atoms with E-state index in [-0.39, 0.29) is 5.91 Å². The summed E-state index contributed by atoms with van der Waals surface area (Å²) in [4.78, 5) is 12.6. The molecule has 0 bridgehead atoms. The topological polar surface area (TPSA) is 64.4 Å². The molecule has 0 unspecified atom stereocenters. The van der Waals surface area contributed by atoms with E-state index in [1.807, 2.05) is 42.5 Å². The number of hydrogen-bond acceptors (Lipinski definition) is 3. The summed E-state index contributed by atoms with van der Waals surface area (Å²) >= 11 is 0. The SMILES string of the molecule is NCc1ccccc1-c1ccc(C(=O)NCC2(C3CCOCC3)CC2)cc1. The fourth-order valence-electron chi connectivity index (χ4n) is 4.34. The third kappa shape index (κ3) is 3.92. The number of carbonyl (C=O) groups excluding carboxylic acids is 1. The molecule has 1 saturated carbocycles. The highest BCUT2D eigenvalue weighted by molar-refractivity contribution is 5.94. The van der Waals surface area contributed by atoms with Crippen molar-refractivity contribution >= 4 is 5.91 Å². The molecule has 142 valence electrons. The van der Waals surface area contributed by atoms with Gasteiger partial charge in [0.15, 0.2) is 0 Å². The molecule has 2 aliphatic rings. The Balaban J connectivity index is 1.39. The number of rotatable bonds is 6. The first kappa shape index (κ1) is 18.2. The standard InChI is InChI=1S/C23H28N2O2/c24-15-19-3-1-2-4-21(19)17-5-7-18(8-6-17)22(26)25-16-23(11-12-23)20-9-13-27-14-10-20/h1-8,20H,9-16,24H2,(H,25,26). The number of benzene rings is 2. The van der Waals surface area contributed by atoms with E-state index < -0.39 is 0 Å². The first-order chi connectivity index (χ1) is 13.2. The van der Waals surface area contributed by atoms with Crippen LogP contribution in [-0.4, -0.2) is 25.7 Å². The van der Waals surface area contributed by atoms with Gasteiger partial charge in [0.05, 0.1) is 0 Å². The van der Waals surface area contributed by atoms with Gasteiger partial charge in [-0.25, -0.2) is 0 Å². The van der Waals surface area contributed by atoms with Crippen LogP contribution in [0.4, 0.5) is 0 Å². The minimum Gasteiger partial charge on any atom is -0.381 e. The van der Waals surface area contributed by atoms with Gasteiger partial charge in [-0.05, 0) is 65.8 Å². The van der Waals surface area contributed by atoms with Gasteiger partial charge >= 0.3 is 0 Å². The van der Waals surface area contributed by atoms with Gasteiger partial charge in [-0.3, -0.25) is 4.79 Å². The van der Waals surface area contributed by atoms with Crippen LogP contribution >= 0.6 is 0 Å². The van der Waals surface area contributed by atoms with Crippen molar-refractivity contribution in [1.29, 1.82) is 0 Å². The summed E-state index contributed by atoms with van der Waals surface area (Å²) in [5.41, 5.74) is 10.2. The molecule has 1 amide bonds. The van der Waals surface area contributed by atoms with Gasteiger partial charge < -0.3 is 15.8 Å². The predicted octanol–water partition coefficient (Wildman–Crippen LogP) is 3.75. The molecule has 27 heavy (non-hydrogen) atoms. The molecule has 2 aromatic rings. The number of nitrogens with one attached hydrogen (secondary N) is 1. The molecule has 1 aliphatic heterocycles. The normalized spacial score (nSPS) is 18.9. The van der Waals surface area contributed by atoms with Crippen LogP contribution in [0, 0.1) is 11.3 Å². The third-order valence-electron chi connectivity index (χ3n) is 6.28. The number of nitrogens with two attached hydrogens (primary N) is 1. The van der Waals surface area contributed by atoms with Crippen molar-refractivity contribution in [2.45, 2.75) is 32.2 Å². The average Bonchev–Trinajstić information content (AvgIpc) is 3.54. The van der Waals surface area contributed by atoms with Gasteiger partial charge in [-0.2, -0.15) is 0 Å². The second-order valence-electron chi connectivity index (χ2n) is 7.87. The fourth-order valence-corrected chi connectivity index (χ4v) is 4.34. The number of amides is 1. The van der Waals surface area contributed by atoms with Gasteiger partial charge in [0.2, 0.25) is 0 Å². The van der Waals surface area contributed by atoms with Gasteiger partial charge in [-0.1, -0.05) is 36.4 Å². The smallest absolute Gasteiger partial charge is 0.251 e. The highest BCUT2D eigenvalue weighted by atomic mass is 16.5. The minimum absolute atomic E-state index is 0.0204. The highest BCUT2D eigenvalue weighted by Gasteiger charge is 2.49. The van der Waals surface area contributed by atoms with E-state index in [1.54, 1.807) is 0 Å². The van der Waals surface area contributed by atoms with Gasteiger partial charge in [0.25, 0.3) is 5.91 Å². The lowest BCUT2D eigenvalue weighted by molar-refractivity contribution is 0.0404. The Hall–Kier alpha value is -2.17. The second-order valence-corrected chi connectivity index (χ2v) is 7.87. The maximum Gasteiger partial charge on any atom is 0.251 e. The zero-order valence-corrected chi connectivity index (χ0v) is 15.7. The Labute approximate surface area is 161 Å². The second kappa shape index (κ2) is 7.83. The largest absolute Gasteiger partial charge is 0.381 e. The van der Waals surface area contributed by atoms with Crippen LogP contribution in [0.5, 0.6) is 0 Å². The van der Waals surface area contributed by atoms with Crippen LogP contribution in [0.2, 0.25) is 0 Å². The summed E-state index contributed by atoms with van der Waals surface area (Å²) in [7, 11) is 0. The molecule has 3 N–H and O–H groups in total. The Morgan fingerprint density at radius 2 is 1.78 bits per heavy atom. The molecular formula is C23H28N2O2. The summed E-state index contributed by atoms with van der Waals surface area (Å²) in [6.07, 6.45) is 4.72. The molecule has 0 atom stereocenters. The van der Waals surface area contributed by atoms with Crippen LogP contribution in [0.1, 0.15) is 41.6 Å². The van der Waals surface area contributed by atoms with E-state index in [1.165, 1.54) is 12.8 Å². The summed E-state index contributed by atoms with van der Waals surface area (Å²) in [6, 6.07) is 16.0. The summed E-state index contributed by atoms with van der Waals surface area (Å²) in [5.74, 6) is 0.716. The Morgan fingerprint density at radius 1 is 1.07 bits per heavy atom. The van der Waals surface area contributed by atoms with E-state index in [9.17, 15) is 4.79 Å². The van der Waals surface area contributed by atoms with E-state index in [2.05, 4.69) is 11.4 Å². The zero-order chi connectivity index (χ0) is 18.7. The van der Waals surface area contributed by atoms with Crippen molar-refractivity contribution in [2.75, 3.05) is 19.8 Å². The lowest BCUT2D eigenvalue weighted by atomic mass is 9.83. The van der Waals surface area contributed by atoms with Gasteiger partial charge in [-0.15, -0.1) is 0 Å². The van der Waals surface area contributed by atoms with Crippen molar-refractivity contribution in [3.63, 3.8) is 0 Å². The maximum absolute atomic E-state index is 12.6. The zero-order valence-electron chi connectivity index (χ0n) is 15.7. The lowest BCUT2D eigenvalue weighted by Crippen LogP contribution is -2.36. The molecule has 1 aliphatic carbocycles. The number of hydrogen-bond donors (Lipinski definition) is 2. The van der Waals surface area contributed by atoms with Crippen LogP contribution in [-0.2, 0) is 11.3 Å². The third-order valence-corrected chi connectivity index (χ3v) is 6.28. The average molecular weight is 364 g/mol. The van der Waals surface area contributed by atoms with E-state index in [0.717, 1.165) is 49.3 Å². The Kier molecular flexibility index (Phi) is 5.28. The van der Waals surface area contributed by atoms with Crippen molar-refractivity contribution < 1.29 is 9.53 Å². The molecule has 1 saturated heterocycles. The highest BCUT2D eigenvalue weighted by Crippen LogP contribution is 2.54. The molecule has 2 aromatic carbocycles. The van der Waals surface area contributed by atoms with E-state index in [4.69, 9.17) is 10.5 Å². The van der Waals surface area contributed by atoms with Gasteiger partial charge in [0.1, 0.15) is 0 Å². The van der Waals surface area contributed by atoms with Crippen molar-refractivity contribution in [3.05, 3.63) is 59.7 Å². The Bertz CT molecular complexity index is 790. The summed E-state index contributed by atoms with van der Waals surface area (Å²) in [5, 5.41) is 3.18. The van der Waals surface area contributed by atoms with Crippen LogP contribution in [0.25, 0.3) is 11.1 Å². The first-order valence-corrected chi connectivity index (χ1v) is 9.96. The fraction of sp³-hybridized carbons (Fsp3) is 0.435. The van der Waals surface area contributed by atoms with E-state index >= 15 is 0 Å². The molecule has 1 heterocycles. The summed E-state index contributed by atoms with van der Waals surface area (Å²) in [6.45, 7) is 3.03. The number of carbonyl (C=O) groups is 1. The maximum atomic E-state index is 12.6. The monoisotopic (exact) mass is 364 g/mol. The molecule has 4 rings (SSSR count). The van der Waals surface area contributed by atoms with Crippen molar-refractivity contribution in [3.8, 4) is 11.1 Å². The van der Waals surface area contributed by atoms with E-state index in [0.29, 0.717) is 23.4 Å². The molecule has 0 radical (unpaired) electrons. The molecule has 2 fully saturated rings. The minimum atomic E-state index is 0.0204. The first-order valence-electron chi connectivity index (χ1n) is 9.96. The predicted molar refractivity (Wildman–Crippen MR) is 107 cm³/mol. The number of ether oxygens (including phenoxy) is 1. The van der Waals surface area contributed by atoms with Crippen LogP contribution in [0.3, 0.4) is 0 Å². The summed E-state index contributed by atoms with van der Waals surface area (Å²) < 4.78 is 5.49. The molecular weight excluding hydrogens is 336 g/mol. The molecule has 4 heteroatoms. The molecule has 0 aromatic heterocycles. The van der Waals surface area contributed by atoms with Crippen LogP contribution < -0.4 is 11.1 Å². The molecule has 0 spiro atoms. The lowest BCUT2D eigenvalue weighted by Gasteiger charge is -2.30. The van der Waals surface area contributed by atoms with Crippen molar-refractivity contribution in [2.24, 2.45) is 17.1 Å². The van der Waals surface area contributed by atoms with Crippen molar-refractivity contribution in [1.82, 2.24) is 5.32 Å². The quantitative estimate of drug-likeness (QED) is 0.820. The van der Waals surface area contributed by atoms with Crippen LogP contribution in [0.15, 0.2) is 48.5 Å². The van der Waals surface area contributed by atoms with Gasteiger partial charge in [0, 0.05) is 31.9 Å².